The van der Waals surface area contributed by atoms with Gasteiger partial charge in [-0.2, -0.15) is 0 Å². The van der Waals surface area contributed by atoms with E-state index in [0.29, 0.717) is 6.61 Å². The zero-order valence-electron chi connectivity index (χ0n) is 11.3. The first-order chi connectivity index (χ1) is 8.47. The van der Waals surface area contributed by atoms with E-state index < -0.39 is 5.60 Å². The van der Waals surface area contributed by atoms with Crippen LogP contribution in [0.2, 0.25) is 0 Å². The van der Waals surface area contributed by atoms with Crippen LogP contribution in [0, 0.1) is 0 Å². The molecule has 1 aliphatic rings. The highest BCUT2D eigenvalue weighted by Crippen LogP contribution is 2.18. The van der Waals surface area contributed by atoms with Gasteiger partial charge in [-0.15, -0.1) is 0 Å². The molecule has 18 heavy (non-hydrogen) atoms. The van der Waals surface area contributed by atoms with Gasteiger partial charge in [0.05, 0.1) is 6.61 Å². The Bertz CT molecular complexity index is 328. The molecule has 1 amide bonds. The van der Waals surface area contributed by atoms with E-state index in [1.54, 1.807) is 11.8 Å². The van der Waals surface area contributed by atoms with Crippen LogP contribution in [0.25, 0.3) is 0 Å². The summed E-state index contributed by atoms with van der Waals surface area (Å²) in [6.45, 7) is 9.10. The fourth-order valence-corrected chi connectivity index (χ4v) is 1.87. The molecule has 4 heteroatoms. The van der Waals surface area contributed by atoms with E-state index >= 15 is 0 Å². The molecular formula is C14H23NO3. The smallest absolute Gasteiger partial charge is 0.246 e. The summed E-state index contributed by atoms with van der Waals surface area (Å²) in [7, 11) is 0. The van der Waals surface area contributed by atoms with Gasteiger partial charge in [0.1, 0.15) is 11.4 Å². The van der Waals surface area contributed by atoms with Gasteiger partial charge in [0.2, 0.25) is 5.91 Å². The van der Waals surface area contributed by atoms with Crippen molar-refractivity contribution >= 4 is 5.91 Å². The Labute approximate surface area is 109 Å². The number of amides is 1. The standard InChI is InChI=1S/C14H23NO3/c1-4-18-12(2)14(3,17)9-8-13(16)15-10-6-5-7-11-15/h8-9,17H,2,4-7,10-11H2,1,3H3/b9-8+. The van der Waals surface area contributed by atoms with Crippen LogP contribution in [-0.4, -0.2) is 41.2 Å². The molecule has 4 nitrogen and oxygen atoms in total. The van der Waals surface area contributed by atoms with E-state index in [1.807, 2.05) is 6.92 Å². The molecule has 0 aromatic carbocycles. The summed E-state index contributed by atoms with van der Waals surface area (Å²) in [4.78, 5) is 13.7. The lowest BCUT2D eigenvalue weighted by Gasteiger charge is -2.26. The number of likely N-dealkylation sites (tertiary alicyclic amines) is 1. The number of piperidine rings is 1. The topological polar surface area (TPSA) is 49.8 Å². The maximum atomic E-state index is 11.9. The minimum absolute atomic E-state index is 0.0562. The van der Waals surface area contributed by atoms with Gasteiger partial charge in [-0.3, -0.25) is 4.79 Å². The first-order valence-electron chi connectivity index (χ1n) is 6.50. The molecule has 0 radical (unpaired) electrons. The molecule has 0 saturated carbocycles. The second-order valence-corrected chi connectivity index (χ2v) is 4.72. The molecule has 1 atom stereocenters. The summed E-state index contributed by atoms with van der Waals surface area (Å²) in [6.07, 6.45) is 6.16. The molecule has 1 heterocycles. The summed E-state index contributed by atoms with van der Waals surface area (Å²) in [6, 6.07) is 0. The maximum Gasteiger partial charge on any atom is 0.246 e. The Morgan fingerprint density at radius 1 is 1.44 bits per heavy atom. The van der Waals surface area contributed by atoms with Crippen molar-refractivity contribution < 1.29 is 14.6 Å². The van der Waals surface area contributed by atoms with Crippen molar-refractivity contribution in [3.63, 3.8) is 0 Å². The lowest BCUT2D eigenvalue weighted by atomic mass is 10.0. The van der Waals surface area contributed by atoms with E-state index in [9.17, 15) is 9.90 Å². The fraction of sp³-hybridized carbons (Fsp3) is 0.643. The molecule has 1 N–H and O–H groups in total. The van der Waals surface area contributed by atoms with Crippen molar-refractivity contribution in [3.8, 4) is 0 Å². The molecule has 1 unspecified atom stereocenters. The molecule has 1 rings (SSSR count). The predicted octanol–water partition coefficient (Wildman–Crippen LogP) is 1.86. The summed E-state index contributed by atoms with van der Waals surface area (Å²) >= 11 is 0. The van der Waals surface area contributed by atoms with Crippen molar-refractivity contribution in [2.45, 2.75) is 38.7 Å². The molecule has 0 aromatic rings. The molecule has 0 aliphatic carbocycles. The lowest BCUT2D eigenvalue weighted by Crippen LogP contribution is -2.35. The van der Waals surface area contributed by atoms with Gasteiger partial charge in [0, 0.05) is 19.2 Å². The van der Waals surface area contributed by atoms with E-state index in [2.05, 4.69) is 6.58 Å². The van der Waals surface area contributed by atoms with Crippen LogP contribution in [0.3, 0.4) is 0 Å². The van der Waals surface area contributed by atoms with Gasteiger partial charge < -0.3 is 14.7 Å². The Morgan fingerprint density at radius 3 is 2.61 bits per heavy atom. The summed E-state index contributed by atoms with van der Waals surface area (Å²) in [5.74, 6) is 0.201. The van der Waals surface area contributed by atoms with Gasteiger partial charge in [0.25, 0.3) is 0 Å². The van der Waals surface area contributed by atoms with Gasteiger partial charge in [-0.05, 0) is 39.2 Å². The zero-order chi connectivity index (χ0) is 13.6. The highest BCUT2D eigenvalue weighted by molar-refractivity contribution is 5.87. The monoisotopic (exact) mass is 253 g/mol. The van der Waals surface area contributed by atoms with E-state index in [-0.39, 0.29) is 11.7 Å². The number of aliphatic hydroxyl groups is 1. The number of hydrogen-bond donors (Lipinski definition) is 1. The third kappa shape index (κ3) is 4.18. The molecule has 0 bridgehead atoms. The Balaban J connectivity index is 2.56. The van der Waals surface area contributed by atoms with E-state index in [1.165, 1.54) is 18.6 Å². The third-order valence-corrected chi connectivity index (χ3v) is 3.10. The SMILES string of the molecule is C=C(OCC)C(C)(O)/C=C/C(=O)N1CCCCC1. The average Bonchev–Trinajstić information content (AvgIpc) is 2.37. The largest absolute Gasteiger partial charge is 0.495 e. The van der Waals surface area contributed by atoms with Crippen LogP contribution in [-0.2, 0) is 9.53 Å². The first-order valence-corrected chi connectivity index (χ1v) is 6.50. The highest BCUT2D eigenvalue weighted by atomic mass is 16.5. The van der Waals surface area contributed by atoms with Crippen molar-refractivity contribution in [2.75, 3.05) is 19.7 Å². The number of nitrogens with zero attached hydrogens (tertiary/aromatic N) is 1. The van der Waals surface area contributed by atoms with Crippen LogP contribution < -0.4 is 0 Å². The summed E-state index contributed by atoms with van der Waals surface area (Å²) < 4.78 is 5.16. The Kier molecular flexibility index (Phi) is 5.41. The zero-order valence-corrected chi connectivity index (χ0v) is 11.3. The number of ether oxygens (including phenoxy) is 1. The lowest BCUT2D eigenvalue weighted by molar-refractivity contribution is -0.126. The van der Waals surface area contributed by atoms with Crippen LogP contribution in [0.1, 0.15) is 33.1 Å². The van der Waals surface area contributed by atoms with Gasteiger partial charge in [0.15, 0.2) is 0 Å². The average molecular weight is 253 g/mol. The van der Waals surface area contributed by atoms with Crippen LogP contribution >= 0.6 is 0 Å². The number of carbonyl (C=O) groups excluding carboxylic acids is 1. The fourth-order valence-electron chi connectivity index (χ4n) is 1.87. The number of hydrogen-bond acceptors (Lipinski definition) is 3. The molecule has 0 aromatic heterocycles. The van der Waals surface area contributed by atoms with Crippen LogP contribution in [0.4, 0.5) is 0 Å². The Morgan fingerprint density at radius 2 is 2.06 bits per heavy atom. The van der Waals surface area contributed by atoms with Crippen molar-refractivity contribution in [1.29, 1.82) is 0 Å². The third-order valence-electron chi connectivity index (χ3n) is 3.10. The van der Waals surface area contributed by atoms with Gasteiger partial charge in [-0.1, -0.05) is 6.58 Å². The number of carbonyl (C=O) groups is 1. The van der Waals surface area contributed by atoms with Gasteiger partial charge >= 0.3 is 0 Å². The van der Waals surface area contributed by atoms with Crippen LogP contribution in [0.15, 0.2) is 24.5 Å². The minimum atomic E-state index is -1.30. The second-order valence-electron chi connectivity index (χ2n) is 4.72. The Hall–Kier alpha value is -1.29. The quantitative estimate of drug-likeness (QED) is 0.601. The highest BCUT2D eigenvalue weighted by Gasteiger charge is 2.23. The second kappa shape index (κ2) is 6.59. The van der Waals surface area contributed by atoms with Crippen molar-refractivity contribution in [2.24, 2.45) is 0 Å². The minimum Gasteiger partial charge on any atom is -0.495 e. The van der Waals surface area contributed by atoms with E-state index in [0.717, 1.165) is 25.9 Å². The maximum absolute atomic E-state index is 11.9. The molecule has 102 valence electrons. The summed E-state index contributed by atoms with van der Waals surface area (Å²) in [5, 5.41) is 10.1. The normalized spacial score (nSPS) is 19.6. The predicted molar refractivity (Wildman–Crippen MR) is 71.0 cm³/mol. The van der Waals surface area contributed by atoms with E-state index in [4.69, 9.17) is 4.74 Å². The van der Waals surface area contributed by atoms with Crippen molar-refractivity contribution in [3.05, 3.63) is 24.5 Å². The summed E-state index contributed by atoms with van der Waals surface area (Å²) in [5.41, 5.74) is -1.30. The molecule has 0 spiro atoms. The molecule has 1 aliphatic heterocycles. The molecule has 1 saturated heterocycles. The van der Waals surface area contributed by atoms with Crippen LogP contribution in [0.5, 0.6) is 0 Å². The number of rotatable bonds is 5. The molecular weight excluding hydrogens is 230 g/mol. The van der Waals surface area contributed by atoms with Gasteiger partial charge in [-0.25, -0.2) is 0 Å². The first kappa shape index (κ1) is 14.8. The molecule has 1 fully saturated rings. The van der Waals surface area contributed by atoms with Crippen molar-refractivity contribution in [1.82, 2.24) is 4.90 Å².